The number of hydrogen-bond acceptors (Lipinski definition) is 3. The van der Waals surface area contributed by atoms with Crippen LogP contribution >= 0.6 is 15.9 Å². The summed E-state index contributed by atoms with van der Waals surface area (Å²) < 4.78 is 5.64. The molecule has 0 saturated carbocycles. The number of cyclic esters (lactones) is 1. The van der Waals surface area contributed by atoms with E-state index in [9.17, 15) is 9.59 Å². The Hall–Kier alpha value is -1.56. The Kier molecular flexibility index (Phi) is 4.65. The molecule has 2 amide bonds. The van der Waals surface area contributed by atoms with E-state index in [2.05, 4.69) is 15.9 Å². The van der Waals surface area contributed by atoms with Gasteiger partial charge in [-0.3, -0.25) is 4.79 Å². The van der Waals surface area contributed by atoms with Crippen molar-refractivity contribution in [2.45, 2.75) is 6.92 Å². The number of amides is 2. The first kappa shape index (κ1) is 14.8. The summed E-state index contributed by atoms with van der Waals surface area (Å²) in [5.74, 6) is -0.0653. The van der Waals surface area contributed by atoms with Crippen LogP contribution in [0.3, 0.4) is 0 Å². The average molecular weight is 341 g/mol. The first-order valence-corrected chi connectivity index (χ1v) is 7.21. The zero-order valence-electron chi connectivity index (χ0n) is 11.6. The summed E-state index contributed by atoms with van der Waals surface area (Å²) >= 11 is 3.41. The summed E-state index contributed by atoms with van der Waals surface area (Å²) in [7, 11) is 1.73. The van der Waals surface area contributed by atoms with Crippen molar-refractivity contribution in [2.75, 3.05) is 33.3 Å². The Morgan fingerprint density at radius 2 is 2.25 bits per heavy atom. The van der Waals surface area contributed by atoms with Crippen LogP contribution in [0.4, 0.5) is 4.79 Å². The summed E-state index contributed by atoms with van der Waals surface area (Å²) in [5, 5.41) is 0. The summed E-state index contributed by atoms with van der Waals surface area (Å²) in [6, 6.07) is 5.63. The number of rotatable bonds is 4. The molecule has 0 radical (unpaired) electrons. The SMILES string of the molecule is Cc1ccc(C(=O)N(C)CCN2CCOC2=O)c(Br)c1. The molecular weight excluding hydrogens is 324 g/mol. The van der Waals surface area contributed by atoms with Gasteiger partial charge in [-0.05, 0) is 40.5 Å². The molecule has 108 valence electrons. The minimum absolute atomic E-state index is 0.0653. The van der Waals surface area contributed by atoms with Crippen LogP contribution in [0.5, 0.6) is 0 Å². The second kappa shape index (κ2) is 6.26. The molecule has 1 aliphatic rings. The smallest absolute Gasteiger partial charge is 0.409 e. The average Bonchev–Trinajstić information content (AvgIpc) is 2.81. The third-order valence-corrected chi connectivity index (χ3v) is 3.91. The van der Waals surface area contributed by atoms with Gasteiger partial charge in [-0.2, -0.15) is 0 Å². The fourth-order valence-corrected chi connectivity index (χ4v) is 2.66. The molecule has 6 heteroatoms. The van der Waals surface area contributed by atoms with Crippen molar-refractivity contribution in [2.24, 2.45) is 0 Å². The third-order valence-electron chi connectivity index (χ3n) is 3.25. The van der Waals surface area contributed by atoms with Crippen LogP contribution < -0.4 is 0 Å². The zero-order chi connectivity index (χ0) is 14.7. The number of benzene rings is 1. The van der Waals surface area contributed by atoms with Crippen molar-refractivity contribution in [3.05, 3.63) is 33.8 Å². The number of carbonyl (C=O) groups is 2. The number of ether oxygens (including phenoxy) is 1. The lowest BCUT2D eigenvalue weighted by atomic mass is 10.1. The second-order valence-corrected chi connectivity index (χ2v) is 5.67. The highest BCUT2D eigenvalue weighted by Gasteiger charge is 2.23. The predicted octanol–water partition coefficient (Wildman–Crippen LogP) is 2.28. The highest BCUT2D eigenvalue weighted by Crippen LogP contribution is 2.19. The Bertz CT molecular complexity index is 533. The summed E-state index contributed by atoms with van der Waals surface area (Å²) in [4.78, 5) is 26.9. The van der Waals surface area contributed by atoms with Crippen LogP contribution in [0.2, 0.25) is 0 Å². The van der Waals surface area contributed by atoms with Crippen LogP contribution in [-0.2, 0) is 4.74 Å². The van der Waals surface area contributed by atoms with Gasteiger partial charge in [0.15, 0.2) is 0 Å². The maximum atomic E-state index is 12.3. The second-order valence-electron chi connectivity index (χ2n) is 4.81. The normalized spacial score (nSPS) is 14.3. The van der Waals surface area contributed by atoms with Crippen LogP contribution in [0.1, 0.15) is 15.9 Å². The maximum Gasteiger partial charge on any atom is 0.409 e. The molecule has 0 unspecified atom stereocenters. The lowest BCUT2D eigenvalue weighted by molar-refractivity contribution is 0.0781. The molecule has 1 aromatic rings. The van der Waals surface area contributed by atoms with Crippen LogP contribution in [0.15, 0.2) is 22.7 Å². The molecule has 0 atom stereocenters. The van der Waals surface area contributed by atoms with Gasteiger partial charge in [-0.25, -0.2) is 4.79 Å². The van der Waals surface area contributed by atoms with E-state index in [-0.39, 0.29) is 12.0 Å². The first-order chi connectivity index (χ1) is 9.49. The van der Waals surface area contributed by atoms with E-state index in [1.807, 2.05) is 25.1 Å². The standard InChI is InChI=1S/C14H17BrN2O3/c1-10-3-4-11(12(15)9-10)13(18)16(2)5-6-17-7-8-20-14(17)19/h3-4,9H,5-8H2,1-2H3. The highest BCUT2D eigenvalue weighted by atomic mass is 79.9. The molecule has 5 nitrogen and oxygen atoms in total. The molecule has 1 fully saturated rings. The largest absolute Gasteiger partial charge is 0.448 e. The first-order valence-electron chi connectivity index (χ1n) is 6.42. The van der Waals surface area contributed by atoms with E-state index in [0.29, 0.717) is 31.8 Å². The Balaban J connectivity index is 1.96. The number of likely N-dealkylation sites (N-methyl/N-ethyl adjacent to an activating group) is 1. The minimum Gasteiger partial charge on any atom is -0.448 e. The molecule has 0 bridgehead atoms. The predicted molar refractivity (Wildman–Crippen MR) is 78.8 cm³/mol. The fourth-order valence-electron chi connectivity index (χ4n) is 2.00. The van der Waals surface area contributed by atoms with E-state index < -0.39 is 0 Å². The van der Waals surface area contributed by atoms with Gasteiger partial charge in [0.25, 0.3) is 5.91 Å². The number of carbonyl (C=O) groups excluding carboxylic acids is 2. The van der Waals surface area contributed by atoms with E-state index in [4.69, 9.17) is 4.74 Å². The molecular formula is C14H17BrN2O3. The molecule has 1 heterocycles. The van der Waals surface area contributed by atoms with Gasteiger partial charge in [0.05, 0.1) is 12.1 Å². The van der Waals surface area contributed by atoms with Crippen LogP contribution in [-0.4, -0.2) is 55.1 Å². The van der Waals surface area contributed by atoms with Gasteiger partial charge in [-0.15, -0.1) is 0 Å². The Morgan fingerprint density at radius 3 is 2.85 bits per heavy atom. The number of hydrogen-bond donors (Lipinski definition) is 0. The van der Waals surface area contributed by atoms with Gasteiger partial charge in [0, 0.05) is 24.6 Å². The maximum absolute atomic E-state index is 12.3. The molecule has 0 aliphatic carbocycles. The van der Waals surface area contributed by atoms with Crippen molar-refractivity contribution in [3.63, 3.8) is 0 Å². The lowest BCUT2D eigenvalue weighted by Crippen LogP contribution is -2.36. The minimum atomic E-state index is -0.303. The summed E-state index contributed by atoms with van der Waals surface area (Å²) in [6.07, 6.45) is -0.303. The molecule has 2 rings (SSSR count). The Labute approximate surface area is 126 Å². The fraction of sp³-hybridized carbons (Fsp3) is 0.429. The van der Waals surface area contributed by atoms with Gasteiger partial charge < -0.3 is 14.5 Å². The summed E-state index contributed by atoms with van der Waals surface area (Å²) in [5.41, 5.74) is 1.72. The van der Waals surface area contributed by atoms with Crippen molar-refractivity contribution < 1.29 is 14.3 Å². The van der Waals surface area contributed by atoms with Crippen molar-refractivity contribution in [1.29, 1.82) is 0 Å². The highest BCUT2D eigenvalue weighted by molar-refractivity contribution is 9.10. The van der Waals surface area contributed by atoms with E-state index in [1.165, 1.54) is 0 Å². The van der Waals surface area contributed by atoms with Gasteiger partial charge in [-0.1, -0.05) is 6.07 Å². The van der Waals surface area contributed by atoms with E-state index >= 15 is 0 Å². The molecule has 0 aromatic heterocycles. The van der Waals surface area contributed by atoms with Crippen molar-refractivity contribution in [3.8, 4) is 0 Å². The quantitative estimate of drug-likeness (QED) is 0.844. The molecule has 0 N–H and O–H groups in total. The number of nitrogens with zero attached hydrogens (tertiary/aromatic N) is 2. The molecule has 0 spiro atoms. The van der Waals surface area contributed by atoms with Crippen molar-refractivity contribution in [1.82, 2.24) is 9.80 Å². The molecule has 1 aromatic carbocycles. The Morgan fingerprint density at radius 1 is 1.50 bits per heavy atom. The lowest BCUT2D eigenvalue weighted by Gasteiger charge is -2.21. The van der Waals surface area contributed by atoms with E-state index in [0.717, 1.165) is 10.0 Å². The molecule has 1 saturated heterocycles. The summed E-state index contributed by atoms with van der Waals surface area (Å²) in [6.45, 7) is 3.97. The van der Waals surface area contributed by atoms with Gasteiger partial charge in [0.2, 0.25) is 0 Å². The van der Waals surface area contributed by atoms with Crippen LogP contribution in [0.25, 0.3) is 0 Å². The molecule has 1 aliphatic heterocycles. The van der Waals surface area contributed by atoms with E-state index in [1.54, 1.807) is 16.8 Å². The molecule has 20 heavy (non-hydrogen) atoms. The van der Waals surface area contributed by atoms with Gasteiger partial charge in [0.1, 0.15) is 6.61 Å². The van der Waals surface area contributed by atoms with Crippen LogP contribution in [0, 0.1) is 6.92 Å². The zero-order valence-corrected chi connectivity index (χ0v) is 13.1. The topological polar surface area (TPSA) is 49.9 Å². The third kappa shape index (κ3) is 3.30. The number of halogens is 1. The monoisotopic (exact) mass is 340 g/mol. The van der Waals surface area contributed by atoms with Gasteiger partial charge >= 0.3 is 6.09 Å². The van der Waals surface area contributed by atoms with Crippen molar-refractivity contribution >= 4 is 27.9 Å². The number of aryl methyl sites for hydroxylation is 1.